The molecule has 0 unspecified atom stereocenters. The Kier molecular flexibility index (Phi) is 8.80. The number of dihydropyridines is 1. The highest BCUT2D eigenvalue weighted by Crippen LogP contribution is 2.41. The molecule has 8 heteroatoms. The Morgan fingerprint density at radius 1 is 1.23 bits per heavy atom. The van der Waals surface area contributed by atoms with E-state index in [1.165, 1.54) is 17.8 Å². The van der Waals surface area contributed by atoms with E-state index >= 15 is 0 Å². The Hall–Kier alpha value is -3.47. The number of amides is 1. The molecular formula is C27H26ClN3O3S. The minimum Gasteiger partial charge on any atom is -0.458 e. The predicted octanol–water partition coefficient (Wildman–Crippen LogP) is 5.75. The molecule has 0 aromatic heterocycles. The lowest BCUT2D eigenvalue weighted by Gasteiger charge is -2.29. The third-order valence-corrected chi connectivity index (χ3v) is 6.84. The number of nitrogens with zero attached hydrogens (tertiary/aromatic N) is 1. The zero-order chi connectivity index (χ0) is 25.5. The van der Waals surface area contributed by atoms with E-state index in [1.807, 2.05) is 44.2 Å². The summed E-state index contributed by atoms with van der Waals surface area (Å²) < 4.78 is 5.32. The van der Waals surface area contributed by atoms with Crippen LogP contribution in [0.25, 0.3) is 0 Å². The normalized spacial score (nSPS) is 15.2. The Balaban J connectivity index is 1.88. The monoisotopic (exact) mass is 507 g/mol. The maximum absolute atomic E-state index is 12.9. The SMILES string of the molecule is C=CCOC(=O)C1=C(C)NC(SCC(=O)Nc2ccc(C)c(Cl)c2)=C(C#N)[C@H]1c1ccc(C)cc1. The highest BCUT2D eigenvalue weighted by Gasteiger charge is 2.35. The van der Waals surface area contributed by atoms with Crippen molar-refractivity contribution in [2.24, 2.45) is 0 Å². The van der Waals surface area contributed by atoms with Crippen LogP contribution in [0.15, 0.2) is 77.0 Å². The van der Waals surface area contributed by atoms with Crippen LogP contribution in [0.5, 0.6) is 0 Å². The first kappa shape index (κ1) is 26.1. The van der Waals surface area contributed by atoms with E-state index in [4.69, 9.17) is 16.3 Å². The zero-order valence-corrected chi connectivity index (χ0v) is 21.3. The van der Waals surface area contributed by atoms with Gasteiger partial charge in [-0.2, -0.15) is 5.26 Å². The van der Waals surface area contributed by atoms with Crippen LogP contribution >= 0.6 is 23.4 Å². The van der Waals surface area contributed by atoms with Gasteiger partial charge in [-0.3, -0.25) is 4.79 Å². The van der Waals surface area contributed by atoms with E-state index in [-0.39, 0.29) is 18.3 Å². The summed E-state index contributed by atoms with van der Waals surface area (Å²) >= 11 is 7.35. The Morgan fingerprint density at radius 2 is 1.94 bits per heavy atom. The van der Waals surface area contributed by atoms with Crippen molar-refractivity contribution in [1.29, 1.82) is 5.26 Å². The second kappa shape index (κ2) is 11.8. The number of ether oxygens (including phenoxy) is 1. The van der Waals surface area contributed by atoms with Crippen molar-refractivity contribution in [1.82, 2.24) is 5.32 Å². The van der Waals surface area contributed by atoms with Gasteiger partial charge in [0, 0.05) is 16.4 Å². The fourth-order valence-corrected chi connectivity index (χ4v) is 4.68. The third kappa shape index (κ3) is 6.36. The molecule has 0 bridgehead atoms. The number of nitrogens with one attached hydrogen (secondary N) is 2. The first-order valence-corrected chi connectivity index (χ1v) is 12.3. The van der Waals surface area contributed by atoms with Crippen LogP contribution in [0.3, 0.4) is 0 Å². The van der Waals surface area contributed by atoms with Gasteiger partial charge in [-0.15, -0.1) is 0 Å². The van der Waals surface area contributed by atoms with E-state index in [2.05, 4.69) is 23.3 Å². The maximum atomic E-state index is 12.9. The summed E-state index contributed by atoms with van der Waals surface area (Å²) in [5, 5.41) is 17.2. The third-order valence-electron chi connectivity index (χ3n) is 5.41. The molecule has 2 aromatic rings. The molecule has 1 aliphatic rings. The summed E-state index contributed by atoms with van der Waals surface area (Å²) in [7, 11) is 0. The first-order chi connectivity index (χ1) is 16.7. The van der Waals surface area contributed by atoms with E-state index in [9.17, 15) is 14.9 Å². The second-order valence-corrected chi connectivity index (χ2v) is 9.44. The maximum Gasteiger partial charge on any atom is 0.337 e. The number of carbonyl (C=O) groups excluding carboxylic acids is 2. The minimum atomic E-state index is -0.624. The van der Waals surface area contributed by atoms with Crippen LogP contribution in [-0.4, -0.2) is 24.2 Å². The molecular weight excluding hydrogens is 482 g/mol. The van der Waals surface area contributed by atoms with Crippen LogP contribution < -0.4 is 10.6 Å². The van der Waals surface area contributed by atoms with Gasteiger partial charge >= 0.3 is 5.97 Å². The van der Waals surface area contributed by atoms with E-state index < -0.39 is 11.9 Å². The molecule has 1 aliphatic heterocycles. The van der Waals surface area contributed by atoms with Crippen LogP contribution in [0.1, 0.15) is 29.5 Å². The molecule has 0 saturated heterocycles. The van der Waals surface area contributed by atoms with Crippen LogP contribution in [0.4, 0.5) is 5.69 Å². The van der Waals surface area contributed by atoms with Crippen LogP contribution in [0.2, 0.25) is 5.02 Å². The Morgan fingerprint density at radius 3 is 2.57 bits per heavy atom. The number of aryl methyl sites for hydroxylation is 2. The number of esters is 1. The topological polar surface area (TPSA) is 91.2 Å². The van der Waals surface area contributed by atoms with Crippen LogP contribution in [-0.2, 0) is 14.3 Å². The van der Waals surface area contributed by atoms with Crippen molar-refractivity contribution >= 4 is 40.9 Å². The summed E-state index contributed by atoms with van der Waals surface area (Å²) in [5.41, 5.74) is 4.63. The molecule has 1 heterocycles. The van der Waals surface area contributed by atoms with Gasteiger partial charge in [0.2, 0.25) is 5.91 Å². The van der Waals surface area contributed by atoms with Gasteiger partial charge in [0.05, 0.1) is 33.9 Å². The summed E-state index contributed by atoms with van der Waals surface area (Å²) in [6.45, 7) is 9.26. The number of hydrogen-bond donors (Lipinski definition) is 2. The molecule has 2 aromatic carbocycles. The molecule has 1 amide bonds. The van der Waals surface area contributed by atoms with Crippen molar-refractivity contribution in [2.45, 2.75) is 26.7 Å². The van der Waals surface area contributed by atoms with E-state index in [0.29, 0.717) is 32.6 Å². The van der Waals surface area contributed by atoms with E-state index in [1.54, 1.807) is 19.1 Å². The van der Waals surface area contributed by atoms with Crippen molar-refractivity contribution in [3.05, 3.63) is 98.7 Å². The summed E-state index contributed by atoms with van der Waals surface area (Å²) in [4.78, 5) is 25.5. The summed E-state index contributed by atoms with van der Waals surface area (Å²) in [6.07, 6.45) is 1.49. The van der Waals surface area contributed by atoms with Gasteiger partial charge in [0.25, 0.3) is 0 Å². The molecule has 3 rings (SSSR count). The number of anilines is 1. The fourth-order valence-electron chi connectivity index (χ4n) is 3.61. The lowest BCUT2D eigenvalue weighted by atomic mass is 9.82. The summed E-state index contributed by atoms with van der Waals surface area (Å²) in [6, 6.07) is 15.2. The smallest absolute Gasteiger partial charge is 0.337 e. The Bertz CT molecular complexity index is 1260. The highest BCUT2D eigenvalue weighted by molar-refractivity contribution is 8.03. The van der Waals surface area contributed by atoms with Gasteiger partial charge < -0.3 is 15.4 Å². The quantitative estimate of drug-likeness (QED) is 0.349. The number of nitriles is 1. The number of thioether (sulfide) groups is 1. The Labute approximate surface area is 214 Å². The molecule has 1 atom stereocenters. The van der Waals surface area contributed by atoms with Crippen LogP contribution in [0, 0.1) is 25.2 Å². The molecule has 0 saturated carbocycles. The van der Waals surface area contributed by atoms with Gasteiger partial charge in [-0.1, -0.05) is 71.9 Å². The fraction of sp³-hybridized carbons (Fsp3) is 0.222. The van der Waals surface area contributed by atoms with Gasteiger partial charge in [-0.05, 0) is 44.0 Å². The highest BCUT2D eigenvalue weighted by atomic mass is 35.5. The lowest BCUT2D eigenvalue weighted by Crippen LogP contribution is -2.29. The average Bonchev–Trinajstić information content (AvgIpc) is 2.83. The average molecular weight is 508 g/mol. The number of rotatable bonds is 8. The minimum absolute atomic E-state index is 0.0587. The van der Waals surface area contributed by atoms with Gasteiger partial charge in [0.1, 0.15) is 6.61 Å². The zero-order valence-electron chi connectivity index (χ0n) is 19.8. The molecule has 6 nitrogen and oxygen atoms in total. The van der Waals surface area contributed by atoms with Crippen molar-refractivity contribution in [2.75, 3.05) is 17.7 Å². The molecule has 2 N–H and O–H groups in total. The van der Waals surface area contributed by atoms with E-state index in [0.717, 1.165) is 16.7 Å². The standard InChI is InChI=1S/C27H26ClN3O3S/c1-5-12-34-27(33)24-18(4)30-26(21(14-29)25(24)19-9-6-16(2)7-10-19)35-15-23(32)31-20-11-8-17(3)22(28)13-20/h5-11,13,25,30H,1,12,15H2,2-4H3,(H,31,32)/t25-/m1/s1. The number of allylic oxidation sites excluding steroid dienone is 2. The molecule has 35 heavy (non-hydrogen) atoms. The molecule has 0 fully saturated rings. The van der Waals surface area contributed by atoms with Gasteiger partial charge in [-0.25, -0.2) is 4.79 Å². The molecule has 180 valence electrons. The number of halogens is 1. The lowest BCUT2D eigenvalue weighted by molar-refractivity contribution is -0.138. The van der Waals surface area contributed by atoms with Crippen molar-refractivity contribution in [3.8, 4) is 6.07 Å². The van der Waals surface area contributed by atoms with Crippen molar-refractivity contribution in [3.63, 3.8) is 0 Å². The molecule has 0 spiro atoms. The first-order valence-electron chi connectivity index (χ1n) is 10.9. The van der Waals surface area contributed by atoms with Gasteiger partial charge in [0.15, 0.2) is 0 Å². The van der Waals surface area contributed by atoms with Crippen molar-refractivity contribution < 1.29 is 14.3 Å². The second-order valence-electron chi connectivity index (χ2n) is 8.05. The number of hydrogen-bond acceptors (Lipinski definition) is 6. The predicted molar refractivity (Wildman–Crippen MR) is 141 cm³/mol. The summed E-state index contributed by atoms with van der Waals surface area (Å²) in [5.74, 6) is -1.33. The number of carbonyl (C=O) groups is 2. The molecule has 0 radical (unpaired) electrons. The molecule has 0 aliphatic carbocycles. The largest absolute Gasteiger partial charge is 0.458 e. The number of benzene rings is 2.